The van der Waals surface area contributed by atoms with Crippen LogP contribution in [0.25, 0.3) is 0 Å². The van der Waals surface area contributed by atoms with Crippen LogP contribution in [0.1, 0.15) is 0 Å². The standard InChI is InChI=1S/C12H5Cl2N3O5/c13-5-1-7(14)12-8(2-5)15-11-9(17(20)21)3-6(16(18)19)4-10(11)22-12/h1-4,15H. The molecule has 3 rings (SSSR count). The van der Waals surface area contributed by atoms with E-state index in [1.807, 2.05) is 0 Å². The summed E-state index contributed by atoms with van der Waals surface area (Å²) in [5.74, 6) is 0.131. The Hall–Kier alpha value is -2.58. The molecule has 112 valence electrons. The number of benzene rings is 2. The average Bonchev–Trinajstić information content (AvgIpc) is 2.44. The van der Waals surface area contributed by atoms with Crippen LogP contribution in [0.15, 0.2) is 24.3 Å². The molecule has 1 aliphatic rings. The zero-order chi connectivity index (χ0) is 16.0. The number of non-ortho nitro benzene ring substituents is 1. The minimum absolute atomic E-state index is 0.00133. The molecule has 0 amide bonds. The lowest BCUT2D eigenvalue weighted by Gasteiger charge is -2.22. The van der Waals surface area contributed by atoms with Crippen LogP contribution in [-0.4, -0.2) is 9.85 Å². The molecule has 0 saturated heterocycles. The van der Waals surface area contributed by atoms with E-state index >= 15 is 0 Å². The number of anilines is 2. The van der Waals surface area contributed by atoms with Gasteiger partial charge in [-0.1, -0.05) is 23.2 Å². The third-order valence-electron chi connectivity index (χ3n) is 2.95. The van der Waals surface area contributed by atoms with Gasteiger partial charge in [-0.2, -0.15) is 0 Å². The quantitative estimate of drug-likeness (QED) is 0.536. The van der Waals surface area contributed by atoms with Gasteiger partial charge < -0.3 is 10.1 Å². The Morgan fingerprint density at radius 3 is 2.41 bits per heavy atom. The summed E-state index contributed by atoms with van der Waals surface area (Å²) >= 11 is 11.9. The van der Waals surface area contributed by atoms with Crippen molar-refractivity contribution in [3.05, 3.63) is 54.5 Å². The van der Waals surface area contributed by atoms with Gasteiger partial charge in [-0.3, -0.25) is 20.2 Å². The molecule has 0 spiro atoms. The molecule has 0 saturated carbocycles. The van der Waals surface area contributed by atoms with Crippen molar-refractivity contribution in [1.29, 1.82) is 0 Å². The van der Waals surface area contributed by atoms with Crippen LogP contribution < -0.4 is 10.1 Å². The third kappa shape index (κ3) is 2.28. The number of fused-ring (bicyclic) bond motifs is 2. The van der Waals surface area contributed by atoms with Crippen molar-refractivity contribution in [2.75, 3.05) is 5.32 Å². The molecule has 10 heteroatoms. The van der Waals surface area contributed by atoms with Gasteiger partial charge in [0.05, 0.1) is 32.7 Å². The summed E-state index contributed by atoms with van der Waals surface area (Å²) in [5, 5.41) is 25.3. The summed E-state index contributed by atoms with van der Waals surface area (Å²) in [4.78, 5) is 20.5. The van der Waals surface area contributed by atoms with Gasteiger partial charge in [0, 0.05) is 5.02 Å². The highest BCUT2D eigenvalue weighted by atomic mass is 35.5. The largest absolute Gasteiger partial charge is 0.451 e. The molecule has 0 aliphatic carbocycles. The molecule has 1 aliphatic heterocycles. The van der Waals surface area contributed by atoms with Crippen molar-refractivity contribution in [3.63, 3.8) is 0 Å². The number of halogens is 2. The second kappa shape index (κ2) is 5.00. The number of nitro benzene ring substituents is 2. The number of hydrogen-bond donors (Lipinski definition) is 1. The number of rotatable bonds is 2. The molecular weight excluding hydrogens is 337 g/mol. The number of hydrogen-bond acceptors (Lipinski definition) is 6. The summed E-state index contributed by atoms with van der Waals surface area (Å²) in [7, 11) is 0. The van der Waals surface area contributed by atoms with Gasteiger partial charge in [-0.25, -0.2) is 0 Å². The molecule has 0 unspecified atom stereocenters. The Kier molecular flexibility index (Phi) is 3.27. The van der Waals surface area contributed by atoms with Gasteiger partial charge in [0.1, 0.15) is 0 Å². The van der Waals surface area contributed by atoms with Gasteiger partial charge in [0.15, 0.2) is 17.2 Å². The number of nitrogens with one attached hydrogen (secondary N) is 1. The van der Waals surface area contributed by atoms with Crippen LogP contribution in [0.2, 0.25) is 10.0 Å². The zero-order valence-corrected chi connectivity index (χ0v) is 12.0. The van der Waals surface area contributed by atoms with Crippen LogP contribution in [0.4, 0.5) is 22.7 Å². The summed E-state index contributed by atoms with van der Waals surface area (Å²) in [6.07, 6.45) is 0. The molecule has 8 nitrogen and oxygen atoms in total. The maximum atomic E-state index is 11.1. The van der Waals surface area contributed by atoms with Crippen molar-refractivity contribution in [3.8, 4) is 11.5 Å². The third-order valence-corrected chi connectivity index (χ3v) is 3.45. The van der Waals surface area contributed by atoms with Crippen LogP contribution in [0, 0.1) is 20.2 Å². The Labute approximate surface area is 132 Å². The normalized spacial score (nSPS) is 11.7. The predicted octanol–water partition coefficient (Wildman–Crippen LogP) is 4.66. The molecule has 1 N–H and O–H groups in total. The lowest BCUT2D eigenvalue weighted by Crippen LogP contribution is -2.07. The molecule has 22 heavy (non-hydrogen) atoms. The maximum absolute atomic E-state index is 11.1. The fraction of sp³-hybridized carbons (Fsp3) is 0. The number of nitrogens with zero attached hydrogens (tertiary/aromatic N) is 2. The van der Waals surface area contributed by atoms with Crippen LogP contribution in [0.3, 0.4) is 0 Å². The van der Waals surface area contributed by atoms with Crippen LogP contribution >= 0.6 is 23.2 Å². The highest BCUT2D eigenvalue weighted by Gasteiger charge is 2.30. The van der Waals surface area contributed by atoms with Gasteiger partial charge in [0.2, 0.25) is 0 Å². The molecule has 2 aromatic carbocycles. The van der Waals surface area contributed by atoms with Gasteiger partial charge >= 0.3 is 5.69 Å². The lowest BCUT2D eigenvalue weighted by molar-refractivity contribution is -0.393. The molecule has 0 fully saturated rings. The number of ether oxygens (including phenoxy) is 1. The Morgan fingerprint density at radius 2 is 1.77 bits per heavy atom. The first-order valence-corrected chi connectivity index (χ1v) is 6.53. The smallest absolute Gasteiger partial charge is 0.303 e. The molecule has 1 heterocycles. The van der Waals surface area contributed by atoms with Crippen molar-refractivity contribution in [1.82, 2.24) is 0 Å². The van der Waals surface area contributed by atoms with Gasteiger partial charge in [-0.05, 0) is 12.1 Å². The van der Waals surface area contributed by atoms with Crippen LogP contribution in [-0.2, 0) is 0 Å². The van der Waals surface area contributed by atoms with E-state index in [9.17, 15) is 20.2 Å². The Balaban J connectivity index is 2.21. The van der Waals surface area contributed by atoms with E-state index in [0.717, 1.165) is 12.1 Å². The molecule has 0 radical (unpaired) electrons. The molecule has 2 aromatic rings. The van der Waals surface area contributed by atoms with Crippen molar-refractivity contribution in [2.45, 2.75) is 0 Å². The molecule has 0 bridgehead atoms. The van der Waals surface area contributed by atoms with Crippen molar-refractivity contribution < 1.29 is 14.6 Å². The second-order valence-corrected chi connectivity index (χ2v) is 5.19. The topological polar surface area (TPSA) is 108 Å². The monoisotopic (exact) mass is 341 g/mol. The minimum Gasteiger partial charge on any atom is -0.451 e. The van der Waals surface area contributed by atoms with Crippen LogP contribution in [0.5, 0.6) is 11.5 Å². The van der Waals surface area contributed by atoms with Crippen molar-refractivity contribution in [2.24, 2.45) is 0 Å². The van der Waals surface area contributed by atoms with E-state index in [1.165, 1.54) is 12.1 Å². The summed E-state index contributed by atoms with van der Waals surface area (Å²) in [6.45, 7) is 0. The van der Waals surface area contributed by atoms with E-state index in [2.05, 4.69) is 5.32 Å². The average molecular weight is 342 g/mol. The summed E-state index contributed by atoms with van der Waals surface area (Å²) in [6, 6.07) is 4.85. The molecule has 0 atom stereocenters. The van der Waals surface area contributed by atoms with E-state index in [4.69, 9.17) is 27.9 Å². The fourth-order valence-corrected chi connectivity index (χ4v) is 2.58. The van der Waals surface area contributed by atoms with E-state index in [0.29, 0.717) is 10.7 Å². The van der Waals surface area contributed by atoms with Crippen molar-refractivity contribution >= 4 is 46.0 Å². The maximum Gasteiger partial charge on any atom is 0.303 e. The molecule has 0 aromatic heterocycles. The first-order chi connectivity index (χ1) is 10.4. The lowest BCUT2D eigenvalue weighted by atomic mass is 10.1. The zero-order valence-electron chi connectivity index (χ0n) is 10.5. The first kappa shape index (κ1) is 14.4. The second-order valence-electron chi connectivity index (χ2n) is 4.34. The van der Waals surface area contributed by atoms with E-state index < -0.39 is 21.2 Å². The predicted molar refractivity (Wildman–Crippen MR) is 79.6 cm³/mol. The minimum atomic E-state index is -0.740. The highest BCUT2D eigenvalue weighted by Crippen LogP contribution is 2.51. The molecular formula is C12H5Cl2N3O5. The fourth-order valence-electron chi connectivity index (χ4n) is 2.04. The van der Waals surface area contributed by atoms with E-state index in [-0.39, 0.29) is 22.2 Å². The summed E-state index contributed by atoms with van der Waals surface area (Å²) < 4.78 is 5.48. The Morgan fingerprint density at radius 1 is 1.05 bits per heavy atom. The van der Waals surface area contributed by atoms with Gasteiger partial charge in [-0.15, -0.1) is 0 Å². The Bertz CT molecular complexity index is 840. The van der Waals surface area contributed by atoms with Gasteiger partial charge in [0.25, 0.3) is 5.69 Å². The summed E-state index contributed by atoms with van der Waals surface area (Å²) in [5.41, 5.74) is -0.602. The SMILES string of the molecule is O=[N+]([O-])c1cc2c(c([N+](=O)[O-])c1)Nc1cc(Cl)cc(Cl)c1O2. The number of nitro groups is 2. The first-order valence-electron chi connectivity index (χ1n) is 5.77. The van der Waals surface area contributed by atoms with E-state index in [1.54, 1.807) is 0 Å². The highest BCUT2D eigenvalue weighted by molar-refractivity contribution is 6.36.